The Bertz CT molecular complexity index is 2060. The molecule has 0 radical (unpaired) electrons. The highest BCUT2D eigenvalue weighted by Gasteiger charge is 2.40. The second-order valence-electron chi connectivity index (χ2n) is 15.3. The molecule has 0 aliphatic carbocycles. The fraction of sp³-hybridized carbons (Fsp3) is 0.364. The van der Waals surface area contributed by atoms with E-state index in [1.54, 1.807) is 36.4 Å². The summed E-state index contributed by atoms with van der Waals surface area (Å²) in [5.74, 6) is -1.71. The summed E-state index contributed by atoms with van der Waals surface area (Å²) >= 11 is 0. The molecule has 0 aliphatic rings. The number of ketones is 1. The Morgan fingerprint density at radius 3 is 2.07 bits per heavy atom. The van der Waals surface area contributed by atoms with Gasteiger partial charge in [-0.25, -0.2) is 9.18 Å². The van der Waals surface area contributed by atoms with E-state index in [4.69, 9.17) is 18.6 Å². The Hall–Kier alpha value is -5.33. The molecule has 1 atom stereocenters. The van der Waals surface area contributed by atoms with Gasteiger partial charge in [-0.2, -0.15) is 0 Å². The molecule has 10 nitrogen and oxygen atoms in total. The SMILES string of the molecule is COC(=O)C[C@H](CC(=O)/C=C/c1c(-c2ccc(F)cc2)c(-c2ccccc2)c(C(=O)NCc2ccc(C(=O)OC)cc2OC)n1C(C)C)O[Si](C)(C)C(C)(C)C. The van der Waals surface area contributed by atoms with Crippen molar-refractivity contribution in [3.8, 4) is 28.0 Å². The number of benzene rings is 3. The third-order valence-electron chi connectivity index (χ3n) is 10.1. The Balaban J connectivity index is 1.87. The van der Waals surface area contributed by atoms with Crippen LogP contribution < -0.4 is 10.1 Å². The Kier molecular flexibility index (Phi) is 14.4. The molecular weight excluding hydrogens is 732 g/mol. The first-order valence-corrected chi connectivity index (χ1v) is 21.4. The molecule has 1 aromatic heterocycles. The van der Waals surface area contributed by atoms with Crippen molar-refractivity contribution < 1.29 is 42.2 Å². The van der Waals surface area contributed by atoms with E-state index in [2.05, 4.69) is 39.2 Å². The van der Waals surface area contributed by atoms with Gasteiger partial charge in [0.2, 0.25) is 0 Å². The minimum absolute atomic E-state index is 0.0618. The van der Waals surface area contributed by atoms with Gasteiger partial charge >= 0.3 is 11.9 Å². The van der Waals surface area contributed by atoms with Crippen molar-refractivity contribution in [2.45, 2.75) is 84.3 Å². The summed E-state index contributed by atoms with van der Waals surface area (Å²) in [7, 11) is 1.70. The molecular formula is C44H53FN2O8Si. The predicted molar refractivity (Wildman–Crippen MR) is 219 cm³/mol. The van der Waals surface area contributed by atoms with Crippen LogP contribution in [-0.4, -0.2) is 63.9 Å². The number of amides is 1. The second-order valence-corrected chi connectivity index (χ2v) is 20.1. The van der Waals surface area contributed by atoms with E-state index in [-0.39, 0.29) is 36.2 Å². The summed E-state index contributed by atoms with van der Waals surface area (Å²) < 4.78 is 38.1. The number of hydrogen-bond donors (Lipinski definition) is 1. The van der Waals surface area contributed by atoms with Gasteiger partial charge in [0, 0.05) is 35.7 Å². The summed E-state index contributed by atoms with van der Waals surface area (Å²) in [5.41, 5.74) is 4.40. The molecule has 0 fully saturated rings. The van der Waals surface area contributed by atoms with Gasteiger partial charge in [0.1, 0.15) is 17.3 Å². The molecule has 4 aromatic rings. The highest BCUT2D eigenvalue weighted by molar-refractivity contribution is 6.74. The van der Waals surface area contributed by atoms with Crippen LogP contribution >= 0.6 is 0 Å². The average molecular weight is 785 g/mol. The van der Waals surface area contributed by atoms with Crippen LogP contribution in [0.1, 0.15) is 85.6 Å². The fourth-order valence-electron chi connectivity index (χ4n) is 6.20. The van der Waals surface area contributed by atoms with E-state index in [1.807, 2.05) is 48.7 Å². The van der Waals surface area contributed by atoms with E-state index >= 15 is 0 Å². The third kappa shape index (κ3) is 10.3. The standard InChI is InChI=1S/C44H53FN2O8Si/c1-28(2)47-36(23-22-34(48)25-35(26-38(49)53-7)55-56(9,10)44(3,4)5)39(30-18-20-33(45)21-19-30)40(29-14-12-11-13-15-29)41(47)42(50)46-27-32-17-16-31(43(51)54-8)24-37(32)52-6/h11-24,28,35H,25-27H2,1-10H3,(H,46,50)/b23-22+/t35-/m0/s1. The zero-order valence-corrected chi connectivity index (χ0v) is 35.0. The summed E-state index contributed by atoms with van der Waals surface area (Å²) in [6.07, 6.45) is 2.28. The molecule has 56 heavy (non-hydrogen) atoms. The zero-order valence-electron chi connectivity index (χ0n) is 34.0. The maximum absolute atomic E-state index is 14.6. The van der Waals surface area contributed by atoms with Gasteiger partial charge in [-0.05, 0) is 79.5 Å². The summed E-state index contributed by atoms with van der Waals surface area (Å²) in [4.78, 5) is 53.0. The first-order chi connectivity index (χ1) is 26.4. The number of nitrogens with one attached hydrogen (secondary N) is 1. The van der Waals surface area contributed by atoms with Gasteiger partial charge in [-0.3, -0.25) is 14.4 Å². The molecule has 0 bridgehead atoms. The maximum atomic E-state index is 14.6. The Morgan fingerprint density at radius 2 is 1.50 bits per heavy atom. The number of esters is 2. The maximum Gasteiger partial charge on any atom is 0.337 e. The minimum Gasteiger partial charge on any atom is -0.496 e. The van der Waals surface area contributed by atoms with Crippen molar-refractivity contribution in [1.29, 1.82) is 0 Å². The Labute approximate surface area is 330 Å². The number of methoxy groups -OCH3 is 3. The average Bonchev–Trinajstić information content (AvgIpc) is 3.51. The number of nitrogens with zero attached hydrogens (tertiary/aromatic N) is 1. The number of halogens is 1. The smallest absolute Gasteiger partial charge is 0.337 e. The van der Waals surface area contributed by atoms with Crippen molar-refractivity contribution in [3.63, 3.8) is 0 Å². The molecule has 0 unspecified atom stereocenters. The summed E-state index contributed by atoms with van der Waals surface area (Å²) in [5, 5.41) is 2.88. The van der Waals surface area contributed by atoms with Crippen LogP contribution in [0.15, 0.2) is 78.9 Å². The number of hydrogen-bond acceptors (Lipinski definition) is 8. The first kappa shape index (κ1) is 43.4. The van der Waals surface area contributed by atoms with Gasteiger partial charge in [-0.1, -0.05) is 69.3 Å². The lowest BCUT2D eigenvalue weighted by molar-refractivity contribution is -0.142. The molecule has 1 heterocycles. The van der Waals surface area contributed by atoms with E-state index in [9.17, 15) is 23.6 Å². The van der Waals surface area contributed by atoms with E-state index in [0.29, 0.717) is 45.0 Å². The van der Waals surface area contributed by atoms with Crippen LogP contribution in [0.4, 0.5) is 4.39 Å². The van der Waals surface area contributed by atoms with Crippen LogP contribution in [0.2, 0.25) is 18.1 Å². The van der Waals surface area contributed by atoms with Gasteiger partial charge < -0.3 is 28.5 Å². The van der Waals surface area contributed by atoms with Gasteiger partial charge in [0.05, 0.1) is 45.1 Å². The van der Waals surface area contributed by atoms with Crippen molar-refractivity contribution in [1.82, 2.24) is 9.88 Å². The highest BCUT2D eigenvalue weighted by atomic mass is 28.4. The number of aromatic nitrogens is 1. The lowest BCUT2D eigenvalue weighted by Gasteiger charge is -2.39. The third-order valence-corrected chi connectivity index (χ3v) is 14.6. The number of rotatable bonds is 16. The Morgan fingerprint density at radius 1 is 0.857 bits per heavy atom. The van der Waals surface area contributed by atoms with Crippen molar-refractivity contribution in [3.05, 3.63) is 107 Å². The first-order valence-electron chi connectivity index (χ1n) is 18.5. The molecule has 1 amide bonds. The van der Waals surface area contributed by atoms with Crippen LogP contribution in [-0.2, 0) is 30.0 Å². The predicted octanol–water partition coefficient (Wildman–Crippen LogP) is 9.19. The van der Waals surface area contributed by atoms with Gasteiger partial charge in [0.15, 0.2) is 14.1 Å². The van der Waals surface area contributed by atoms with Crippen LogP contribution in [0.3, 0.4) is 0 Å². The number of carbonyl (C=O) groups is 4. The zero-order chi connectivity index (χ0) is 41.4. The van der Waals surface area contributed by atoms with E-state index in [1.165, 1.54) is 39.5 Å². The quantitative estimate of drug-likeness (QED) is 0.0678. The number of ether oxygens (including phenoxy) is 3. The number of carbonyl (C=O) groups excluding carboxylic acids is 4. The topological polar surface area (TPSA) is 122 Å². The molecule has 298 valence electrons. The number of allylic oxidation sites excluding steroid dienone is 1. The molecule has 4 rings (SSSR count). The monoisotopic (exact) mass is 784 g/mol. The summed E-state index contributed by atoms with van der Waals surface area (Å²) in [6, 6.07) is 20.0. The lowest BCUT2D eigenvalue weighted by atomic mass is 9.94. The van der Waals surface area contributed by atoms with Gasteiger partial charge in [-0.15, -0.1) is 0 Å². The minimum atomic E-state index is -2.38. The molecule has 0 saturated carbocycles. The molecule has 0 saturated heterocycles. The summed E-state index contributed by atoms with van der Waals surface area (Å²) in [6.45, 7) is 14.3. The molecule has 0 aliphatic heterocycles. The van der Waals surface area contributed by atoms with Crippen LogP contribution in [0.25, 0.3) is 28.3 Å². The highest BCUT2D eigenvalue weighted by Crippen LogP contribution is 2.43. The van der Waals surface area contributed by atoms with Gasteiger partial charge in [0.25, 0.3) is 5.91 Å². The molecule has 0 spiro atoms. The van der Waals surface area contributed by atoms with E-state index in [0.717, 1.165) is 5.56 Å². The van der Waals surface area contributed by atoms with Crippen molar-refractivity contribution >= 4 is 38.0 Å². The van der Waals surface area contributed by atoms with E-state index < -0.39 is 38.1 Å². The van der Waals surface area contributed by atoms with Crippen LogP contribution in [0.5, 0.6) is 5.75 Å². The molecule has 3 aromatic carbocycles. The van der Waals surface area contributed by atoms with Crippen molar-refractivity contribution in [2.75, 3.05) is 21.3 Å². The largest absolute Gasteiger partial charge is 0.496 e. The van der Waals surface area contributed by atoms with Crippen LogP contribution in [0, 0.1) is 5.82 Å². The molecule has 1 N–H and O–H groups in total. The fourth-order valence-corrected chi connectivity index (χ4v) is 7.56. The lowest BCUT2D eigenvalue weighted by Crippen LogP contribution is -2.44. The normalized spacial score (nSPS) is 12.4. The second kappa shape index (κ2) is 18.5. The molecule has 12 heteroatoms. The van der Waals surface area contributed by atoms with Crippen molar-refractivity contribution in [2.24, 2.45) is 0 Å².